The number of pyridine rings is 1. The molecular weight excluding hydrogens is 587 g/mol. The van der Waals surface area contributed by atoms with E-state index in [1.165, 1.54) is 10.9 Å². The van der Waals surface area contributed by atoms with Gasteiger partial charge in [-0.3, -0.25) is 9.78 Å². The molecule has 1 aliphatic rings. The molecule has 0 radical (unpaired) electrons. The number of anilines is 3. The van der Waals surface area contributed by atoms with E-state index in [1.54, 1.807) is 50.4 Å². The number of fused-ring (bicyclic) bond motifs is 1. The minimum Gasteiger partial charge on any atom is -0.384 e. The van der Waals surface area contributed by atoms with Crippen LogP contribution in [-0.4, -0.2) is 68.0 Å². The summed E-state index contributed by atoms with van der Waals surface area (Å²) < 4.78 is 1.17. The molecule has 0 aliphatic carbocycles. The second kappa shape index (κ2) is 11.5. The van der Waals surface area contributed by atoms with Crippen molar-refractivity contribution in [1.29, 1.82) is 0 Å². The highest BCUT2D eigenvalue weighted by atomic mass is 35.5. The van der Waals surface area contributed by atoms with Crippen molar-refractivity contribution < 1.29 is 5.11 Å². The molecule has 5 aromatic rings. The lowest BCUT2D eigenvalue weighted by atomic mass is 10.0. The zero-order valence-corrected chi connectivity index (χ0v) is 25.4. The smallest absolute Gasteiger partial charge is 0.282 e. The number of benzene rings is 2. The van der Waals surface area contributed by atoms with Crippen LogP contribution in [0.1, 0.15) is 19.5 Å². The SMILES string of the molecule is CN1CCN(c2ccc(Nc3ncc4c(=O)n(-c5c(Cl)cccc5Cl)nc(-c5ccnc(C(C)(C)O)c5)c4n3)cc2)CC1. The van der Waals surface area contributed by atoms with E-state index in [4.69, 9.17) is 33.3 Å². The minimum absolute atomic E-state index is 0.221. The van der Waals surface area contributed by atoms with Gasteiger partial charge in [-0.15, -0.1) is 0 Å². The van der Waals surface area contributed by atoms with E-state index < -0.39 is 11.2 Å². The van der Waals surface area contributed by atoms with Crippen LogP contribution in [0, 0.1) is 0 Å². The molecule has 0 unspecified atom stereocenters. The molecule has 6 rings (SSSR count). The molecule has 3 aromatic heterocycles. The Hall–Kier alpha value is -4.09. The maximum atomic E-state index is 13.7. The molecule has 1 aliphatic heterocycles. The summed E-state index contributed by atoms with van der Waals surface area (Å²) in [6.07, 6.45) is 3.05. The molecule has 220 valence electrons. The van der Waals surface area contributed by atoms with Crippen LogP contribution in [0.4, 0.5) is 17.3 Å². The monoisotopic (exact) mass is 616 g/mol. The van der Waals surface area contributed by atoms with Gasteiger partial charge in [0.2, 0.25) is 5.95 Å². The second-order valence-electron chi connectivity index (χ2n) is 11.0. The first-order chi connectivity index (χ1) is 20.6. The molecule has 0 saturated carbocycles. The van der Waals surface area contributed by atoms with E-state index in [-0.39, 0.29) is 21.1 Å². The lowest BCUT2D eigenvalue weighted by Gasteiger charge is -2.34. The zero-order chi connectivity index (χ0) is 30.3. The van der Waals surface area contributed by atoms with Crippen molar-refractivity contribution in [2.75, 3.05) is 43.4 Å². The van der Waals surface area contributed by atoms with E-state index in [2.05, 4.69) is 44.3 Å². The molecule has 2 aromatic carbocycles. The van der Waals surface area contributed by atoms with Gasteiger partial charge in [-0.25, -0.2) is 9.97 Å². The highest BCUT2D eigenvalue weighted by Crippen LogP contribution is 2.31. The molecule has 1 fully saturated rings. The van der Waals surface area contributed by atoms with Crippen LogP contribution < -0.4 is 15.8 Å². The lowest BCUT2D eigenvalue weighted by molar-refractivity contribution is 0.0739. The summed E-state index contributed by atoms with van der Waals surface area (Å²) in [5.41, 5.74) is 2.24. The Morgan fingerprint density at radius 1 is 0.953 bits per heavy atom. The van der Waals surface area contributed by atoms with Crippen LogP contribution in [0.2, 0.25) is 10.0 Å². The van der Waals surface area contributed by atoms with Crippen molar-refractivity contribution in [3.63, 3.8) is 0 Å². The normalized spacial score (nSPS) is 14.3. The van der Waals surface area contributed by atoms with Gasteiger partial charge in [0.05, 0.1) is 21.1 Å². The van der Waals surface area contributed by atoms with E-state index in [9.17, 15) is 9.90 Å². The fraction of sp³-hybridized carbons (Fsp3) is 0.258. The van der Waals surface area contributed by atoms with E-state index in [1.807, 2.05) is 12.1 Å². The number of rotatable bonds is 6. The van der Waals surface area contributed by atoms with Gasteiger partial charge in [0.25, 0.3) is 5.56 Å². The third-order valence-corrected chi connectivity index (χ3v) is 8.05. The van der Waals surface area contributed by atoms with Crippen molar-refractivity contribution in [2.45, 2.75) is 19.4 Å². The summed E-state index contributed by atoms with van der Waals surface area (Å²) in [4.78, 5) is 31.9. The fourth-order valence-electron chi connectivity index (χ4n) is 4.99. The van der Waals surface area contributed by atoms with Gasteiger partial charge in [-0.2, -0.15) is 9.78 Å². The number of likely N-dealkylation sites (N-methyl/N-ethyl adjacent to an activating group) is 1. The molecule has 0 bridgehead atoms. The van der Waals surface area contributed by atoms with Crippen molar-refractivity contribution in [3.05, 3.63) is 93.1 Å². The summed E-state index contributed by atoms with van der Waals surface area (Å²) in [6.45, 7) is 7.31. The number of hydrogen-bond acceptors (Lipinski definition) is 9. The molecular formula is C31H30Cl2N8O2. The maximum absolute atomic E-state index is 13.7. The summed E-state index contributed by atoms with van der Waals surface area (Å²) in [5.74, 6) is 0.299. The van der Waals surface area contributed by atoms with Crippen molar-refractivity contribution in [3.8, 4) is 16.9 Å². The quantitative estimate of drug-likeness (QED) is 0.263. The maximum Gasteiger partial charge on any atom is 0.282 e. The summed E-state index contributed by atoms with van der Waals surface area (Å²) >= 11 is 13.0. The fourth-order valence-corrected chi connectivity index (χ4v) is 5.54. The Kier molecular flexibility index (Phi) is 7.78. The van der Waals surface area contributed by atoms with Gasteiger partial charge < -0.3 is 20.2 Å². The van der Waals surface area contributed by atoms with Crippen molar-refractivity contribution in [2.24, 2.45) is 0 Å². The predicted octanol–water partition coefficient (Wildman–Crippen LogP) is 5.27. The highest BCUT2D eigenvalue weighted by molar-refractivity contribution is 6.37. The van der Waals surface area contributed by atoms with Crippen molar-refractivity contribution in [1.82, 2.24) is 29.6 Å². The van der Waals surface area contributed by atoms with Gasteiger partial charge in [-0.05, 0) is 69.4 Å². The van der Waals surface area contributed by atoms with Gasteiger partial charge >= 0.3 is 0 Å². The molecule has 43 heavy (non-hydrogen) atoms. The average molecular weight is 618 g/mol. The van der Waals surface area contributed by atoms with Crippen LogP contribution in [-0.2, 0) is 5.60 Å². The third-order valence-electron chi connectivity index (χ3n) is 7.44. The first-order valence-corrected chi connectivity index (χ1v) is 14.6. The standard InChI is InChI=1S/C31H30Cl2N8O2/c1-31(2,43)25-17-19(11-12-34-25)26-27-22(29(42)41(38-26)28-23(32)5-4-6-24(28)33)18-35-30(37-27)36-20-7-9-21(10-8-20)40-15-13-39(3)14-16-40/h4-12,17-18,43H,13-16H2,1-3H3,(H,35,36,37). The predicted molar refractivity (Wildman–Crippen MR) is 171 cm³/mol. The van der Waals surface area contributed by atoms with Crippen LogP contribution in [0.15, 0.2) is 71.8 Å². The van der Waals surface area contributed by atoms with Gasteiger partial charge in [0.1, 0.15) is 22.5 Å². The molecule has 0 atom stereocenters. The molecule has 12 heteroatoms. The highest BCUT2D eigenvalue weighted by Gasteiger charge is 2.23. The molecule has 10 nitrogen and oxygen atoms in total. The Bertz CT molecular complexity index is 1840. The van der Waals surface area contributed by atoms with Crippen LogP contribution in [0.25, 0.3) is 27.8 Å². The summed E-state index contributed by atoms with van der Waals surface area (Å²) in [6, 6.07) is 16.5. The molecule has 1 saturated heterocycles. The van der Waals surface area contributed by atoms with Crippen LogP contribution in [0.5, 0.6) is 0 Å². The number of piperazine rings is 1. The Morgan fingerprint density at radius 3 is 2.33 bits per heavy atom. The van der Waals surface area contributed by atoms with Crippen LogP contribution in [0.3, 0.4) is 0 Å². The molecule has 0 spiro atoms. The lowest BCUT2D eigenvalue weighted by Crippen LogP contribution is -2.44. The number of hydrogen-bond donors (Lipinski definition) is 2. The summed E-state index contributed by atoms with van der Waals surface area (Å²) in [7, 11) is 2.14. The van der Waals surface area contributed by atoms with E-state index in [0.29, 0.717) is 28.4 Å². The van der Waals surface area contributed by atoms with Crippen LogP contribution >= 0.6 is 23.2 Å². The third kappa shape index (κ3) is 5.92. The largest absolute Gasteiger partial charge is 0.384 e. The number of nitrogens with zero attached hydrogens (tertiary/aromatic N) is 7. The number of halogens is 2. The molecule has 4 heterocycles. The Balaban J connectivity index is 1.44. The van der Waals surface area contributed by atoms with Gasteiger partial charge in [-0.1, -0.05) is 29.3 Å². The minimum atomic E-state index is -1.20. The van der Waals surface area contributed by atoms with Gasteiger partial charge in [0, 0.05) is 55.5 Å². The number of para-hydroxylation sites is 1. The van der Waals surface area contributed by atoms with Crippen molar-refractivity contribution >= 4 is 51.4 Å². The number of aliphatic hydroxyl groups is 1. The number of nitrogens with one attached hydrogen (secondary N) is 1. The van der Waals surface area contributed by atoms with Gasteiger partial charge in [0.15, 0.2) is 0 Å². The number of aromatic nitrogens is 5. The topological polar surface area (TPSA) is 112 Å². The Labute approximate surface area is 258 Å². The summed E-state index contributed by atoms with van der Waals surface area (Å²) in [5, 5.41) is 19.3. The first kappa shape index (κ1) is 29.0. The zero-order valence-electron chi connectivity index (χ0n) is 23.9. The average Bonchev–Trinajstić information content (AvgIpc) is 2.99. The van der Waals surface area contributed by atoms with E-state index >= 15 is 0 Å². The molecule has 2 N–H and O–H groups in total. The second-order valence-corrected chi connectivity index (χ2v) is 11.9. The Morgan fingerprint density at radius 2 is 1.65 bits per heavy atom. The van der Waals surface area contributed by atoms with E-state index in [0.717, 1.165) is 37.6 Å². The first-order valence-electron chi connectivity index (χ1n) is 13.8. The molecule has 0 amide bonds.